The van der Waals surface area contributed by atoms with Crippen molar-refractivity contribution in [2.24, 2.45) is 0 Å². The van der Waals surface area contributed by atoms with Gasteiger partial charge in [0.15, 0.2) is 5.76 Å². The summed E-state index contributed by atoms with van der Waals surface area (Å²) in [6.45, 7) is 0.955. The molecule has 1 fully saturated rings. The molecule has 9 heteroatoms. The van der Waals surface area contributed by atoms with Crippen molar-refractivity contribution in [1.82, 2.24) is 9.29 Å². The molecular weight excluding hydrogens is 496 g/mol. The van der Waals surface area contributed by atoms with Crippen molar-refractivity contribution in [2.75, 3.05) is 13.1 Å². The van der Waals surface area contributed by atoms with Crippen LogP contribution in [0.5, 0.6) is 0 Å². The molecule has 3 heterocycles. The molecule has 0 bridgehead atoms. The number of furan rings is 1. The second-order valence-corrected chi connectivity index (χ2v) is 10.7. The number of hydrogen-bond acceptors (Lipinski definition) is 5. The number of hydrogen-bond donors (Lipinski definition) is 1. The maximum absolute atomic E-state index is 13.1. The van der Waals surface area contributed by atoms with E-state index in [0.717, 1.165) is 29.1 Å². The molecule has 0 atom stereocenters. The Morgan fingerprint density at radius 1 is 1.03 bits per heavy atom. The maximum Gasteiger partial charge on any atom is 0.336 e. The number of aromatic nitrogens is 1. The van der Waals surface area contributed by atoms with Crippen LogP contribution in [0.25, 0.3) is 33.3 Å². The number of pyridine rings is 1. The van der Waals surface area contributed by atoms with Crippen molar-refractivity contribution >= 4 is 53.8 Å². The SMILES string of the molecule is O=C(O)c1cc(-c2cc3cc(Br)ccc3o2)nc2ccc(S(=O)(=O)N3CCCCC3)cc12. The van der Waals surface area contributed by atoms with Gasteiger partial charge in [0.25, 0.3) is 0 Å². The molecule has 32 heavy (non-hydrogen) atoms. The van der Waals surface area contributed by atoms with Gasteiger partial charge in [0, 0.05) is 28.3 Å². The number of rotatable bonds is 4. The van der Waals surface area contributed by atoms with E-state index in [9.17, 15) is 18.3 Å². The van der Waals surface area contributed by atoms with Crippen molar-refractivity contribution < 1.29 is 22.7 Å². The number of fused-ring (bicyclic) bond motifs is 2. The molecule has 0 unspecified atom stereocenters. The average molecular weight is 515 g/mol. The highest BCUT2D eigenvalue weighted by molar-refractivity contribution is 9.10. The molecule has 2 aromatic heterocycles. The lowest BCUT2D eigenvalue weighted by atomic mass is 10.1. The van der Waals surface area contributed by atoms with Gasteiger partial charge in [0.2, 0.25) is 10.0 Å². The summed E-state index contributed by atoms with van der Waals surface area (Å²) in [4.78, 5) is 16.7. The number of benzene rings is 2. The zero-order valence-electron chi connectivity index (χ0n) is 16.9. The van der Waals surface area contributed by atoms with Gasteiger partial charge in [-0.1, -0.05) is 22.4 Å². The Kier molecular flexibility index (Phi) is 5.27. The fourth-order valence-electron chi connectivity index (χ4n) is 4.06. The van der Waals surface area contributed by atoms with Crippen molar-refractivity contribution in [3.05, 3.63) is 58.6 Å². The van der Waals surface area contributed by atoms with E-state index < -0.39 is 16.0 Å². The largest absolute Gasteiger partial charge is 0.478 e. The number of nitrogens with zero attached hydrogens (tertiary/aromatic N) is 2. The van der Waals surface area contributed by atoms with Gasteiger partial charge in [-0.2, -0.15) is 4.31 Å². The molecular formula is C23H19BrN2O5S. The highest BCUT2D eigenvalue weighted by atomic mass is 79.9. The quantitative estimate of drug-likeness (QED) is 0.397. The van der Waals surface area contributed by atoms with Crippen LogP contribution in [0, 0.1) is 0 Å². The Hall–Kier alpha value is -2.75. The van der Waals surface area contributed by atoms with E-state index in [0.29, 0.717) is 35.6 Å². The molecule has 5 rings (SSSR count). The minimum Gasteiger partial charge on any atom is -0.478 e. The molecule has 4 aromatic rings. The van der Waals surface area contributed by atoms with Crippen LogP contribution < -0.4 is 0 Å². The summed E-state index contributed by atoms with van der Waals surface area (Å²) < 4.78 is 34.4. The molecule has 1 saturated heterocycles. The molecule has 1 N–H and O–H groups in total. The van der Waals surface area contributed by atoms with Gasteiger partial charge < -0.3 is 9.52 Å². The summed E-state index contributed by atoms with van der Waals surface area (Å²) in [6.07, 6.45) is 2.66. The summed E-state index contributed by atoms with van der Waals surface area (Å²) in [5, 5.41) is 11.0. The number of piperidine rings is 1. The summed E-state index contributed by atoms with van der Waals surface area (Å²) in [5.41, 5.74) is 1.39. The monoisotopic (exact) mass is 514 g/mol. The standard InChI is InChI=1S/C23H19BrN2O5S/c24-15-4-7-21-14(10-15)11-22(31-21)20-13-18(23(27)28)17-12-16(5-6-19(17)25-20)32(29,30)26-8-2-1-3-9-26/h4-7,10-13H,1-3,8-9H2,(H,27,28). The van der Waals surface area contributed by atoms with Crippen molar-refractivity contribution in [1.29, 1.82) is 0 Å². The summed E-state index contributed by atoms with van der Waals surface area (Å²) in [5.74, 6) is -0.724. The van der Waals surface area contributed by atoms with Gasteiger partial charge >= 0.3 is 5.97 Å². The first kappa shape index (κ1) is 21.1. The molecule has 0 saturated carbocycles. The van der Waals surface area contributed by atoms with E-state index in [1.54, 1.807) is 12.1 Å². The topological polar surface area (TPSA) is 101 Å². The van der Waals surface area contributed by atoms with Crippen molar-refractivity contribution in [2.45, 2.75) is 24.2 Å². The van der Waals surface area contributed by atoms with Crippen LogP contribution in [0.4, 0.5) is 0 Å². The second kappa shape index (κ2) is 7.99. The molecule has 0 radical (unpaired) electrons. The van der Waals surface area contributed by atoms with Crippen molar-refractivity contribution in [3.8, 4) is 11.5 Å². The highest BCUT2D eigenvalue weighted by Gasteiger charge is 2.27. The van der Waals surface area contributed by atoms with Gasteiger partial charge in [-0.15, -0.1) is 0 Å². The number of carboxylic acids is 1. The highest BCUT2D eigenvalue weighted by Crippen LogP contribution is 2.32. The lowest BCUT2D eigenvalue weighted by Crippen LogP contribution is -2.35. The first-order valence-corrected chi connectivity index (χ1v) is 12.4. The fraction of sp³-hybridized carbons (Fsp3) is 0.217. The summed E-state index contributed by atoms with van der Waals surface area (Å²) in [6, 6.07) is 13.3. The van der Waals surface area contributed by atoms with Gasteiger partial charge in [0.05, 0.1) is 16.0 Å². The molecule has 7 nitrogen and oxygen atoms in total. The molecule has 0 amide bonds. The molecule has 0 spiro atoms. The predicted octanol–water partition coefficient (Wildman–Crippen LogP) is 5.28. The van der Waals surface area contributed by atoms with E-state index in [-0.39, 0.29) is 15.8 Å². The smallest absolute Gasteiger partial charge is 0.336 e. The number of aromatic carboxylic acids is 1. The zero-order valence-corrected chi connectivity index (χ0v) is 19.3. The van der Waals surface area contributed by atoms with E-state index >= 15 is 0 Å². The fourth-order valence-corrected chi connectivity index (χ4v) is 5.99. The molecule has 1 aliphatic heterocycles. The second-order valence-electron chi connectivity index (χ2n) is 7.80. The van der Waals surface area contributed by atoms with Gasteiger partial charge in [0.1, 0.15) is 11.3 Å². The number of sulfonamides is 1. The van der Waals surface area contributed by atoms with Gasteiger partial charge in [-0.25, -0.2) is 18.2 Å². The number of carbonyl (C=O) groups is 1. The van der Waals surface area contributed by atoms with Gasteiger partial charge in [-0.05, 0) is 61.4 Å². The molecule has 1 aliphatic rings. The van der Waals surface area contributed by atoms with E-state index in [1.165, 1.54) is 22.5 Å². The Bertz CT molecular complexity index is 1470. The lowest BCUT2D eigenvalue weighted by molar-refractivity contribution is 0.0699. The normalized spacial score (nSPS) is 15.4. The first-order chi connectivity index (χ1) is 15.3. The summed E-state index contributed by atoms with van der Waals surface area (Å²) >= 11 is 3.42. The predicted molar refractivity (Wildman–Crippen MR) is 124 cm³/mol. The maximum atomic E-state index is 13.1. The Balaban J connectivity index is 1.64. The van der Waals surface area contributed by atoms with Crippen LogP contribution in [-0.4, -0.2) is 41.9 Å². The van der Waals surface area contributed by atoms with Gasteiger partial charge in [-0.3, -0.25) is 0 Å². The van der Waals surface area contributed by atoms with Crippen LogP contribution in [0.1, 0.15) is 29.6 Å². The third-order valence-corrected chi connectivity index (χ3v) is 8.08. The Labute approximate surface area is 192 Å². The zero-order chi connectivity index (χ0) is 22.5. The third-order valence-electron chi connectivity index (χ3n) is 5.69. The first-order valence-electron chi connectivity index (χ1n) is 10.2. The average Bonchev–Trinajstić information content (AvgIpc) is 3.21. The Morgan fingerprint density at radius 2 is 1.81 bits per heavy atom. The third kappa shape index (κ3) is 3.70. The van der Waals surface area contributed by atoms with Crippen LogP contribution in [0.2, 0.25) is 0 Å². The van der Waals surface area contributed by atoms with E-state index in [2.05, 4.69) is 20.9 Å². The number of carboxylic acid groups (broad SMARTS) is 1. The lowest BCUT2D eigenvalue weighted by Gasteiger charge is -2.26. The minimum atomic E-state index is -3.69. The van der Waals surface area contributed by atoms with E-state index in [1.807, 2.05) is 18.2 Å². The van der Waals surface area contributed by atoms with E-state index in [4.69, 9.17) is 4.42 Å². The molecule has 0 aliphatic carbocycles. The van der Waals surface area contributed by atoms with Crippen LogP contribution in [-0.2, 0) is 10.0 Å². The summed E-state index contributed by atoms with van der Waals surface area (Å²) in [7, 11) is -3.69. The van der Waals surface area contributed by atoms with Crippen LogP contribution in [0.3, 0.4) is 0 Å². The van der Waals surface area contributed by atoms with Crippen LogP contribution >= 0.6 is 15.9 Å². The Morgan fingerprint density at radius 3 is 2.56 bits per heavy atom. The molecule has 2 aromatic carbocycles. The number of halogens is 1. The van der Waals surface area contributed by atoms with Crippen LogP contribution in [0.15, 0.2) is 62.3 Å². The molecule has 164 valence electrons. The van der Waals surface area contributed by atoms with Crippen molar-refractivity contribution in [3.63, 3.8) is 0 Å². The minimum absolute atomic E-state index is 0.0256.